The van der Waals surface area contributed by atoms with Crippen molar-refractivity contribution in [2.45, 2.75) is 24.0 Å². The first-order valence-electron chi connectivity index (χ1n) is 6.45. The molecule has 0 aliphatic heterocycles. The Morgan fingerprint density at radius 3 is 2.86 bits per heavy atom. The van der Waals surface area contributed by atoms with E-state index in [-0.39, 0.29) is 0 Å². The zero-order valence-corrected chi connectivity index (χ0v) is 14.0. The highest BCUT2D eigenvalue weighted by molar-refractivity contribution is 9.10. The van der Waals surface area contributed by atoms with Gasteiger partial charge in [0.05, 0.1) is 17.6 Å². The van der Waals surface area contributed by atoms with E-state index in [0.29, 0.717) is 6.61 Å². The van der Waals surface area contributed by atoms with Gasteiger partial charge in [0.1, 0.15) is 21.2 Å². The standard InChI is InChI=1S/C14H13BrN4OS/c1-3-20-9-4-5-10-11(6-9)19-14(18-10)21-13-7-12(15)16-8(2)17-13/h4-7H,3H2,1-2H3,(H,18,19). The summed E-state index contributed by atoms with van der Waals surface area (Å²) in [5, 5.41) is 1.64. The number of aromatic amines is 1. The van der Waals surface area contributed by atoms with Crippen molar-refractivity contribution in [2.24, 2.45) is 0 Å². The third-order valence-corrected chi connectivity index (χ3v) is 3.94. The molecule has 0 unspecified atom stereocenters. The van der Waals surface area contributed by atoms with Crippen LogP contribution in [-0.4, -0.2) is 26.5 Å². The SMILES string of the molecule is CCOc1ccc2nc(Sc3cc(Br)nc(C)n3)[nH]c2c1. The average Bonchev–Trinajstić information content (AvgIpc) is 2.79. The molecule has 2 aromatic heterocycles. The third kappa shape index (κ3) is 3.36. The Kier molecular flexibility index (Phi) is 4.12. The molecule has 108 valence electrons. The zero-order valence-electron chi connectivity index (χ0n) is 11.6. The lowest BCUT2D eigenvalue weighted by Crippen LogP contribution is -1.90. The van der Waals surface area contributed by atoms with Crippen LogP contribution in [0.3, 0.4) is 0 Å². The van der Waals surface area contributed by atoms with Gasteiger partial charge < -0.3 is 9.72 Å². The van der Waals surface area contributed by atoms with Crippen molar-refractivity contribution in [1.29, 1.82) is 0 Å². The number of aromatic nitrogens is 4. The molecule has 0 saturated heterocycles. The van der Waals surface area contributed by atoms with Crippen molar-refractivity contribution < 1.29 is 4.74 Å². The second kappa shape index (κ2) is 6.03. The Hall–Kier alpha value is -1.60. The highest BCUT2D eigenvalue weighted by Crippen LogP contribution is 2.28. The number of halogens is 1. The summed E-state index contributed by atoms with van der Waals surface area (Å²) in [6.07, 6.45) is 0. The number of rotatable bonds is 4. The number of nitrogens with zero attached hydrogens (tertiary/aromatic N) is 3. The molecule has 1 aromatic carbocycles. The lowest BCUT2D eigenvalue weighted by Gasteiger charge is -2.00. The Balaban J connectivity index is 1.90. The van der Waals surface area contributed by atoms with Gasteiger partial charge in [-0.2, -0.15) is 0 Å². The smallest absolute Gasteiger partial charge is 0.172 e. The number of ether oxygens (including phenoxy) is 1. The second-order valence-electron chi connectivity index (χ2n) is 4.33. The Labute approximate surface area is 134 Å². The molecule has 0 radical (unpaired) electrons. The van der Waals surface area contributed by atoms with E-state index >= 15 is 0 Å². The fraction of sp³-hybridized carbons (Fsp3) is 0.214. The van der Waals surface area contributed by atoms with Gasteiger partial charge in [0.15, 0.2) is 5.16 Å². The van der Waals surface area contributed by atoms with Crippen molar-refractivity contribution in [3.63, 3.8) is 0 Å². The van der Waals surface area contributed by atoms with Crippen molar-refractivity contribution in [1.82, 2.24) is 19.9 Å². The van der Waals surface area contributed by atoms with Crippen LogP contribution in [0.4, 0.5) is 0 Å². The van der Waals surface area contributed by atoms with Gasteiger partial charge in [-0.1, -0.05) is 0 Å². The van der Waals surface area contributed by atoms with E-state index in [0.717, 1.165) is 37.4 Å². The number of hydrogen-bond donors (Lipinski definition) is 1. The molecule has 0 fully saturated rings. The molecule has 0 amide bonds. The molecular formula is C14H13BrN4OS. The number of imidazole rings is 1. The largest absolute Gasteiger partial charge is 0.494 e. The maximum absolute atomic E-state index is 5.49. The Morgan fingerprint density at radius 1 is 1.24 bits per heavy atom. The van der Waals surface area contributed by atoms with Gasteiger partial charge in [-0.3, -0.25) is 0 Å². The Morgan fingerprint density at radius 2 is 2.10 bits per heavy atom. The number of aryl methyl sites for hydroxylation is 1. The number of benzene rings is 1. The first-order valence-corrected chi connectivity index (χ1v) is 8.06. The van der Waals surface area contributed by atoms with E-state index in [4.69, 9.17) is 4.74 Å². The van der Waals surface area contributed by atoms with Crippen molar-refractivity contribution in [3.05, 3.63) is 34.7 Å². The van der Waals surface area contributed by atoms with Crippen LogP contribution in [0.15, 0.2) is 39.1 Å². The highest BCUT2D eigenvalue weighted by atomic mass is 79.9. The molecule has 0 atom stereocenters. The van der Waals surface area contributed by atoms with Crippen LogP contribution in [0.25, 0.3) is 11.0 Å². The van der Waals surface area contributed by atoms with Gasteiger partial charge >= 0.3 is 0 Å². The molecule has 1 N–H and O–H groups in total. The third-order valence-electron chi connectivity index (χ3n) is 2.73. The minimum absolute atomic E-state index is 0.648. The van der Waals surface area contributed by atoms with Gasteiger partial charge in [-0.05, 0) is 53.7 Å². The second-order valence-corrected chi connectivity index (χ2v) is 6.15. The molecule has 2 heterocycles. The van der Waals surface area contributed by atoms with Gasteiger partial charge in [-0.15, -0.1) is 0 Å². The van der Waals surface area contributed by atoms with E-state index in [9.17, 15) is 0 Å². The van der Waals surface area contributed by atoms with Gasteiger partial charge in [-0.25, -0.2) is 15.0 Å². The molecule has 5 nitrogen and oxygen atoms in total. The fourth-order valence-electron chi connectivity index (χ4n) is 1.93. The lowest BCUT2D eigenvalue weighted by molar-refractivity contribution is 0.340. The van der Waals surface area contributed by atoms with Gasteiger partial charge in [0.2, 0.25) is 0 Å². The number of H-pyrrole nitrogens is 1. The normalized spacial score (nSPS) is 11.0. The molecule has 0 spiro atoms. The number of nitrogens with one attached hydrogen (secondary N) is 1. The van der Waals surface area contributed by atoms with Gasteiger partial charge in [0.25, 0.3) is 0 Å². The Bertz CT molecular complexity index is 769. The number of fused-ring (bicyclic) bond motifs is 1. The van der Waals surface area contributed by atoms with E-state index in [2.05, 4.69) is 35.9 Å². The van der Waals surface area contributed by atoms with Crippen LogP contribution >= 0.6 is 27.7 Å². The molecule has 3 aromatic rings. The summed E-state index contributed by atoms with van der Waals surface area (Å²) >= 11 is 4.85. The summed E-state index contributed by atoms with van der Waals surface area (Å²) in [5.41, 5.74) is 1.86. The molecule has 0 bridgehead atoms. The first-order chi connectivity index (χ1) is 10.1. The molecular weight excluding hydrogens is 352 g/mol. The highest BCUT2D eigenvalue weighted by Gasteiger charge is 2.08. The molecule has 0 saturated carbocycles. The summed E-state index contributed by atoms with van der Waals surface area (Å²) in [6, 6.07) is 7.70. The maximum Gasteiger partial charge on any atom is 0.172 e. The predicted molar refractivity (Wildman–Crippen MR) is 85.9 cm³/mol. The summed E-state index contributed by atoms with van der Waals surface area (Å²) in [4.78, 5) is 16.4. The summed E-state index contributed by atoms with van der Waals surface area (Å²) in [6.45, 7) is 4.48. The van der Waals surface area contributed by atoms with Crippen LogP contribution in [-0.2, 0) is 0 Å². The van der Waals surface area contributed by atoms with E-state index in [1.165, 1.54) is 11.8 Å². The lowest BCUT2D eigenvalue weighted by atomic mass is 10.3. The van der Waals surface area contributed by atoms with Crippen molar-refractivity contribution in [3.8, 4) is 5.75 Å². The van der Waals surface area contributed by atoms with Crippen molar-refractivity contribution in [2.75, 3.05) is 6.61 Å². The predicted octanol–water partition coefficient (Wildman–Crippen LogP) is 3.97. The van der Waals surface area contributed by atoms with Crippen LogP contribution in [0.1, 0.15) is 12.7 Å². The molecule has 3 rings (SSSR count). The summed E-state index contributed by atoms with van der Waals surface area (Å²) in [5.74, 6) is 1.56. The minimum atomic E-state index is 0.648. The fourth-order valence-corrected chi connectivity index (χ4v) is 3.40. The minimum Gasteiger partial charge on any atom is -0.494 e. The zero-order chi connectivity index (χ0) is 14.8. The monoisotopic (exact) mass is 364 g/mol. The molecule has 0 aliphatic rings. The summed E-state index contributed by atoms with van der Waals surface area (Å²) in [7, 11) is 0. The van der Waals surface area contributed by atoms with E-state index in [1.807, 2.05) is 38.1 Å². The first kappa shape index (κ1) is 14.3. The molecule has 0 aliphatic carbocycles. The van der Waals surface area contributed by atoms with Crippen LogP contribution < -0.4 is 4.74 Å². The average molecular weight is 365 g/mol. The van der Waals surface area contributed by atoms with Crippen LogP contribution in [0, 0.1) is 6.92 Å². The maximum atomic E-state index is 5.49. The van der Waals surface area contributed by atoms with Crippen LogP contribution in [0.5, 0.6) is 5.75 Å². The van der Waals surface area contributed by atoms with Gasteiger partial charge in [0, 0.05) is 12.1 Å². The molecule has 21 heavy (non-hydrogen) atoms. The van der Waals surface area contributed by atoms with E-state index in [1.54, 1.807) is 0 Å². The molecule has 7 heteroatoms. The number of hydrogen-bond acceptors (Lipinski definition) is 5. The van der Waals surface area contributed by atoms with E-state index < -0.39 is 0 Å². The topological polar surface area (TPSA) is 63.7 Å². The van der Waals surface area contributed by atoms with Crippen molar-refractivity contribution >= 4 is 38.7 Å². The van der Waals surface area contributed by atoms with Crippen LogP contribution in [0.2, 0.25) is 0 Å². The summed E-state index contributed by atoms with van der Waals surface area (Å²) < 4.78 is 6.26. The quantitative estimate of drug-likeness (QED) is 0.709.